The normalized spacial score (nSPS) is 9.42. The SMILES string of the molecule is CNCC#Cc1cc(C(=O)OC)c(C)c([N+](=O)[O-])c1. The predicted octanol–water partition coefficient (Wildman–Crippen LogP) is 1.26. The molecule has 0 radical (unpaired) electrons. The van der Waals surface area contributed by atoms with Crippen LogP contribution in [0.2, 0.25) is 0 Å². The average molecular weight is 262 g/mol. The molecular formula is C13H14N2O4. The van der Waals surface area contributed by atoms with Crippen LogP contribution in [0.5, 0.6) is 0 Å². The van der Waals surface area contributed by atoms with E-state index in [2.05, 4.69) is 21.9 Å². The molecule has 0 amide bonds. The van der Waals surface area contributed by atoms with E-state index in [1.54, 1.807) is 7.05 Å². The Hall–Kier alpha value is -2.39. The lowest BCUT2D eigenvalue weighted by Crippen LogP contribution is -2.07. The van der Waals surface area contributed by atoms with Gasteiger partial charge in [-0.1, -0.05) is 11.8 Å². The van der Waals surface area contributed by atoms with Crippen LogP contribution >= 0.6 is 0 Å². The molecule has 0 saturated heterocycles. The number of nitro groups is 1. The Morgan fingerprint density at radius 1 is 1.53 bits per heavy atom. The number of methoxy groups -OCH3 is 1. The van der Waals surface area contributed by atoms with Gasteiger partial charge in [0, 0.05) is 17.2 Å². The molecule has 100 valence electrons. The van der Waals surface area contributed by atoms with E-state index in [4.69, 9.17) is 0 Å². The molecule has 0 fully saturated rings. The van der Waals surface area contributed by atoms with Crippen molar-refractivity contribution in [1.82, 2.24) is 5.32 Å². The number of hydrogen-bond donors (Lipinski definition) is 1. The Labute approximate surface area is 110 Å². The van der Waals surface area contributed by atoms with E-state index < -0.39 is 10.9 Å². The summed E-state index contributed by atoms with van der Waals surface area (Å²) in [5, 5.41) is 13.8. The number of hydrogen-bond acceptors (Lipinski definition) is 5. The summed E-state index contributed by atoms with van der Waals surface area (Å²) in [5.74, 6) is 4.93. The largest absolute Gasteiger partial charge is 0.465 e. The second kappa shape index (κ2) is 6.52. The zero-order chi connectivity index (χ0) is 14.4. The average Bonchev–Trinajstić information content (AvgIpc) is 2.39. The molecule has 0 unspecified atom stereocenters. The minimum absolute atomic E-state index is 0.142. The summed E-state index contributed by atoms with van der Waals surface area (Å²) in [6, 6.07) is 2.85. The molecule has 1 rings (SSSR count). The minimum atomic E-state index is -0.613. The van der Waals surface area contributed by atoms with Gasteiger partial charge < -0.3 is 10.1 Å². The number of nitrogens with zero attached hydrogens (tertiary/aromatic N) is 1. The summed E-state index contributed by atoms with van der Waals surface area (Å²) in [5.41, 5.74) is 0.700. The van der Waals surface area contributed by atoms with E-state index in [-0.39, 0.29) is 16.8 Å². The molecule has 0 heterocycles. The van der Waals surface area contributed by atoms with Gasteiger partial charge in [-0.3, -0.25) is 10.1 Å². The van der Waals surface area contributed by atoms with E-state index in [9.17, 15) is 14.9 Å². The quantitative estimate of drug-likeness (QED) is 0.384. The lowest BCUT2D eigenvalue weighted by molar-refractivity contribution is -0.385. The second-order valence-corrected chi connectivity index (χ2v) is 3.75. The Morgan fingerprint density at radius 2 is 2.21 bits per heavy atom. The zero-order valence-corrected chi connectivity index (χ0v) is 10.9. The highest BCUT2D eigenvalue weighted by atomic mass is 16.6. The molecule has 1 N–H and O–H groups in total. The van der Waals surface area contributed by atoms with E-state index in [1.165, 1.54) is 26.2 Å². The third-order valence-corrected chi connectivity index (χ3v) is 2.48. The number of rotatable bonds is 3. The number of nitrogens with one attached hydrogen (secondary N) is 1. The van der Waals surface area contributed by atoms with Gasteiger partial charge in [-0.25, -0.2) is 4.79 Å². The van der Waals surface area contributed by atoms with Crippen molar-refractivity contribution in [2.75, 3.05) is 20.7 Å². The van der Waals surface area contributed by atoms with Crippen LogP contribution in [-0.2, 0) is 4.74 Å². The fraction of sp³-hybridized carbons (Fsp3) is 0.308. The van der Waals surface area contributed by atoms with Crippen LogP contribution in [0.4, 0.5) is 5.69 Å². The summed E-state index contributed by atoms with van der Waals surface area (Å²) in [4.78, 5) is 22.0. The van der Waals surface area contributed by atoms with Crippen molar-refractivity contribution < 1.29 is 14.5 Å². The van der Waals surface area contributed by atoms with Crippen molar-refractivity contribution in [2.45, 2.75) is 6.92 Å². The highest BCUT2D eigenvalue weighted by molar-refractivity contribution is 5.92. The van der Waals surface area contributed by atoms with E-state index in [0.717, 1.165) is 0 Å². The molecular weight excluding hydrogens is 248 g/mol. The minimum Gasteiger partial charge on any atom is -0.465 e. The lowest BCUT2D eigenvalue weighted by Gasteiger charge is -2.05. The van der Waals surface area contributed by atoms with Crippen LogP contribution in [0.25, 0.3) is 0 Å². The van der Waals surface area contributed by atoms with Gasteiger partial charge in [0.05, 0.1) is 24.1 Å². The second-order valence-electron chi connectivity index (χ2n) is 3.75. The number of esters is 1. The van der Waals surface area contributed by atoms with Gasteiger partial charge in [-0.15, -0.1) is 0 Å². The standard InChI is InChI=1S/C13H14N2O4/c1-9-11(13(16)19-3)7-10(5-4-6-14-2)8-12(9)15(17)18/h7-8,14H,6H2,1-3H3. The summed E-state index contributed by atoms with van der Waals surface area (Å²) >= 11 is 0. The summed E-state index contributed by atoms with van der Waals surface area (Å²) in [7, 11) is 2.97. The third-order valence-electron chi connectivity index (χ3n) is 2.48. The van der Waals surface area contributed by atoms with Crippen LogP contribution < -0.4 is 5.32 Å². The van der Waals surface area contributed by atoms with Crippen molar-refractivity contribution >= 4 is 11.7 Å². The first-order valence-electron chi connectivity index (χ1n) is 5.52. The predicted molar refractivity (Wildman–Crippen MR) is 70.0 cm³/mol. The van der Waals surface area contributed by atoms with Gasteiger partial charge in [-0.05, 0) is 20.0 Å². The van der Waals surface area contributed by atoms with Crippen LogP contribution in [0.15, 0.2) is 12.1 Å². The van der Waals surface area contributed by atoms with Gasteiger partial charge in [0.1, 0.15) is 0 Å². The first-order chi connectivity index (χ1) is 9.01. The molecule has 6 heteroatoms. The first kappa shape index (κ1) is 14.7. The maximum absolute atomic E-state index is 11.6. The molecule has 0 aliphatic rings. The highest BCUT2D eigenvalue weighted by Gasteiger charge is 2.20. The monoisotopic (exact) mass is 262 g/mol. The van der Waals surface area contributed by atoms with E-state index in [1.807, 2.05) is 0 Å². The maximum atomic E-state index is 11.6. The summed E-state index contributed by atoms with van der Waals surface area (Å²) in [6.45, 7) is 1.96. The topological polar surface area (TPSA) is 81.5 Å². The van der Waals surface area contributed by atoms with Crippen molar-refractivity contribution in [2.24, 2.45) is 0 Å². The fourth-order valence-electron chi connectivity index (χ4n) is 1.52. The molecule has 0 aliphatic heterocycles. The smallest absolute Gasteiger partial charge is 0.338 e. The van der Waals surface area contributed by atoms with Gasteiger partial charge in [0.2, 0.25) is 0 Å². The molecule has 0 spiro atoms. The van der Waals surface area contributed by atoms with Gasteiger partial charge >= 0.3 is 5.97 Å². The van der Waals surface area contributed by atoms with Gasteiger partial charge in [-0.2, -0.15) is 0 Å². The molecule has 0 saturated carbocycles. The Balaban J connectivity index is 3.36. The number of carbonyl (C=O) groups is 1. The van der Waals surface area contributed by atoms with Crippen molar-refractivity contribution in [3.05, 3.63) is 38.9 Å². The molecule has 19 heavy (non-hydrogen) atoms. The zero-order valence-electron chi connectivity index (χ0n) is 10.9. The van der Waals surface area contributed by atoms with Crippen LogP contribution in [0.3, 0.4) is 0 Å². The molecule has 0 aromatic heterocycles. The van der Waals surface area contributed by atoms with E-state index >= 15 is 0 Å². The maximum Gasteiger partial charge on any atom is 0.338 e. The Morgan fingerprint density at radius 3 is 2.74 bits per heavy atom. The summed E-state index contributed by atoms with van der Waals surface area (Å²) < 4.78 is 4.61. The Kier molecular flexibility index (Phi) is 5.03. The molecule has 6 nitrogen and oxygen atoms in total. The fourth-order valence-corrected chi connectivity index (χ4v) is 1.52. The molecule has 0 bridgehead atoms. The van der Waals surface area contributed by atoms with E-state index in [0.29, 0.717) is 12.1 Å². The molecule has 1 aromatic rings. The first-order valence-corrected chi connectivity index (χ1v) is 5.52. The summed E-state index contributed by atoms with van der Waals surface area (Å²) in [6.07, 6.45) is 0. The van der Waals surface area contributed by atoms with Crippen LogP contribution in [0.1, 0.15) is 21.5 Å². The van der Waals surface area contributed by atoms with Crippen molar-refractivity contribution in [1.29, 1.82) is 0 Å². The number of ether oxygens (including phenoxy) is 1. The van der Waals surface area contributed by atoms with Crippen LogP contribution in [-0.4, -0.2) is 31.6 Å². The molecule has 1 aromatic carbocycles. The molecule has 0 atom stereocenters. The van der Waals surface area contributed by atoms with Gasteiger partial charge in [0.15, 0.2) is 0 Å². The number of nitro benzene ring substituents is 1. The van der Waals surface area contributed by atoms with Crippen molar-refractivity contribution in [3.8, 4) is 11.8 Å². The lowest BCUT2D eigenvalue weighted by atomic mass is 10.0. The third kappa shape index (κ3) is 3.53. The van der Waals surface area contributed by atoms with Crippen molar-refractivity contribution in [3.63, 3.8) is 0 Å². The molecule has 0 aliphatic carbocycles. The number of benzene rings is 1. The highest BCUT2D eigenvalue weighted by Crippen LogP contribution is 2.24. The number of carbonyl (C=O) groups excluding carboxylic acids is 1. The Bertz CT molecular complexity index is 570. The van der Waals surface area contributed by atoms with Crippen LogP contribution in [0, 0.1) is 28.9 Å². The van der Waals surface area contributed by atoms with Gasteiger partial charge in [0.25, 0.3) is 5.69 Å².